The molecule has 0 heterocycles. The quantitative estimate of drug-likeness (QED) is 0.850. The summed E-state index contributed by atoms with van der Waals surface area (Å²) < 4.78 is 37.9. The van der Waals surface area contributed by atoms with E-state index >= 15 is 0 Å². The first-order chi connectivity index (χ1) is 7.73. The summed E-state index contributed by atoms with van der Waals surface area (Å²) in [5.41, 5.74) is 5.39. The lowest BCUT2D eigenvalue weighted by atomic mass is 9.96. The Morgan fingerprint density at radius 1 is 1.28 bits per heavy atom. The van der Waals surface area contributed by atoms with Crippen LogP contribution in [0.1, 0.15) is 37.4 Å². The van der Waals surface area contributed by atoms with Gasteiger partial charge in [0.2, 0.25) is 0 Å². The molecule has 1 nitrogen and oxygen atoms in total. The zero-order valence-corrected chi connectivity index (χ0v) is 11.7. The first-order valence-corrected chi connectivity index (χ1v) is 5.72. The zero-order valence-electron chi connectivity index (χ0n) is 10.1. The van der Waals surface area contributed by atoms with Crippen LogP contribution in [0.3, 0.4) is 0 Å². The molecule has 0 fully saturated rings. The molecule has 0 aliphatic heterocycles. The molecule has 2 N–H and O–H groups in total. The molecule has 18 heavy (non-hydrogen) atoms. The molecule has 6 heteroatoms. The predicted octanol–water partition coefficient (Wildman–Crippen LogP) is 4.83. The van der Waals surface area contributed by atoms with Crippen LogP contribution in [-0.2, 0) is 6.18 Å². The molecule has 0 radical (unpaired) electrons. The number of benzene rings is 1. The Balaban J connectivity index is 0.00000289. The molecule has 0 bridgehead atoms. The van der Waals surface area contributed by atoms with E-state index in [1.807, 2.05) is 13.8 Å². The molecule has 0 aliphatic rings. The number of rotatable bonds is 3. The number of halogens is 5. The lowest BCUT2D eigenvalue weighted by Crippen LogP contribution is -2.15. The average molecular weight is 302 g/mol. The first kappa shape index (κ1) is 17.6. The van der Waals surface area contributed by atoms with Gasteiger partial charge in [0.1, 0.15) is 0 Å². The van der Waals surface area contributed by atoms with Gasteiger partial charge in [-0.2, -0.15) is 13.2 Å². The maximum absolute atomic E-state index is 12.6. The van der Waals surface area contributed by atoms with Crippen LogP contribution in [0.25, 0.3) is 0 Å². The summed E-state index contributed by atoms with van der Waals surface area (Å²) in [7, 11) is 0. The second-order valence-electron chi connectivity index (χ2n) is 4.44. The molecular weight excluding hydrogens is 286 g/mol. The number of nitrogens with two attached hydrogens (primary N) is 1. The van der Waals surface area contributed by atoms with Crippen molar-refractivity contribution in [3.8, 4) is 0 Å². The van der Waals surface area contributed by atoms with Crippen LogP contribution in [0, 0.1) is 5.92 Å². The van der Waals surface area contributed by atoms with Crippen molar-refractivity contribution >= 4 is 24.0 Å². The Morgan fingerprint density at radius 2 is 1.83 bits per heavy atom. The number of hydrogen-bond donors (Lipinski definition) is 1. The average Bonchev–Trinajstić information content (AvgIpc) is 2.14. The Kier molecular flexibility index (Phi) is 6.47. The highest BCUT2D eigenvalue weighted by Gasteiger charge is 2.34. The SMILES string of the molecule is CC(C)C[C@@H](N)c1cccc(C(F)(F)F)c1Cl.Cl. The van der Waals surface area contributed by atoms with Crippen molar-refractivity contribution in [3.63, 3.8) is 0 Å². The van der Waals surface area contributed by atoms with Gasteiger partial charge in [0.25, 0.3) is 0 Å². The maximum Gasteiger partial charge on any atom is 0.417 e. The minimum absolute atomic E-state index is 0. The van der Waals surface area contributed by atoms with E-state index in [-0.39, 0.29) is 17.4 Å². The fourth-order valence-electron chi connectivity index (χ4n) is 1.69. The minimum Gasteiger partial charge on any atom is -0.324 e. The van der Waals surface area contributed by atoms with E-state index in [0.29, 0.717) is 17.9 Å². The van der Waals surface area contributed by atoms with E-state index in [0.717, 1.165) is 6.07 Å². The summed E-state index contributed by atoms with van der Waals surface area (Å²) in [5.74, 6) is 0.301. The van der Waals surface area contributed by atoms with E-state index in [1.54, 1.807) is 6.07 Å². The molecule has 0 saturated heterocycles. The van der Waals surface area contributed by atoms with Crippen molar-refractivity contribution in [2.75, 3.05) is 0 Å². The van der Waals surface area contributed by atoms with Gasteiger partial charge in [0, 0.05) is 6.04 Å². The van der Waals surface area contributed by atoms with Gasteiger partial charge < -0.3 is 5.73 Å². The van der Waals surface area contributed by atoms with Crippen LogP contribution in [0.4, 0.5) is 13.2 Å². The van der Waals surface area contributed by atoms with Crippen LogP contribution in [0.2, 0.25) is 5.02 Å². The zero-order chi connectivity index (χ0) is 13.2. The molecule has 1 aromatic rings. The Labute approximate surface area is 116 Å². The fraction of sp³-hybridized carbons (Fsp3) is 0.500. The van der Waals surface area contributed by atoms with E-state index < -0.39 is 17.8 Å². The maximum atomic E-state index is 12.6. The van der Waals surface area contributed by atoms with Crippen LogP contribution in [-0.4, -0.2) is 0 Å². The molecule has 0 saturated carbocycles. The van der Waals surface area contributed by atoms with E-state index in [1.165, 1.54) is 6.07 Å². The highest BCUT2D eigenvalue weighted by molar-refractivity contribution is 6.32. The Bertz CT molecular complexity index is 391. The molecule has 0 unspecified atom stereocenters. The normalized spacial score (nSPS) is 13.3. The molecule has 1 atom stereocenters. The summed E-state index contributed by atoms with van der Waals surface area (Å²) in [6.07, 6.45) is -3.84. The number of hydrogen-bond acceptors (Lipinski definition) is 1. The minimum atomic E-state index is -4.44. The van der Waals surface area contributed by atoms with Crippen LogP contribution < -0.4 is 5.73 Å². The van der Waals surface area contributed by atoms with E-state index in [4.69, 9.17) is 17.3 Å². The molecule has 0 spiro atoms. The summed E-state index contributed by atoms with van der Waals surface area (Å²) in [4.78, 5) is 0. The highest BCUT2D eigenvalue weighted by Crippen LogP contribution is 2.38. The molecule has 0 amide bonds. The molecular formula is C12H16Cl2F3N. The molecule has 0 aromatic heterocycles. The second kappa shape index (κ2) is 6.64. The lowest BCUT2D eigenvalue weighted by molar-refractivity contribution is -0.137. The van der Waals surface area contributed by atoms with Crippen LogP contribution in [0.5, 0.6) is 0 Å². The summed E-state index contributed by atoms with van der Waals surface area (Å²) in [6, 6.07) is 3.38. The summed E-state index contributed by atoms with van der Waals surface area (Å²) in [5, 5.41) is -0.284. The summed E-state index contributed by atoms with van der Waals surface area (Å²) >= 11 is 5.77. The first-order valence-electron chi connectivity index (χ1n) is 5.34. The standard InChI is InChI=1S/C12H15ClF3N.ClH/c1-7(2)6-10(17)8-4-3-5-9(11(8)13)12(14,15)16;/h3-5,7,10H,6,17H2,1-2H3;1H/t10-;/m1./s1. The third kappa shape index (κ3) is 4.34. The van der Waals surface area contributed by atoms with Gasteiger partial charge in [-0.05, 0) is 24.0 Å². The topological polar surface area (TPSA) is 26.0 Å². The Hall–Kier alpha value is -0.450. The van der Waals surface area contributed by atoms with Crippen molar-refractivity contribution in [2.45, 2.75) is 32.5 Å². The van der Waals surface area contributed by atoms with Gasteiger partial charge in [-0.3, -0.25) is 0 Å². The summed E-state index contributed by atoms with van der Waals surface area (Å²) in [6.45, 7) is 3.92. The monoisotopic (exact) mass is 301 g/mol. The van der Waals surface area contributed by atoms with Crippen molar-refractivity contribution < 1.29 is 13.2 Å². The van der Waals surface area contributed by atoms with Crippen molar-refractivity contribution in [3.05, 3.63) is 34.3 Å². The van der Waals surface area contributed by atoms with Crippen molar-refractivity contribution in [1.82, 2.24) is 0 Å². The molecule has 1 aromatic carbocycles. The van der Waals surface area contributed by atoms with Gasteiger partial charge >= 0.3 is 6.18 Å². The van der Waals surface area contributed by atoms with Crippen LogP contribution >= 0.6 is 24.0 Å². The van der Waals surface area contributed by atoms with Gasteiger partial charge in [-0.15, -0.1) is 12.4 Å². The molecule has 1 rings (SSSR count). The number of alkyl halides is 3. The lowest BCUT2D eigenvalue weighted by Gasteiger charge is -2.18. The third-order valence-electron chi connectivity index (χ3n) is 2.46. The molecule has 0 aliphatic carbocycles. The largest absolute Gasteiger partial charge is 0.417 e. The fourth-order valence-corrected chi connectivity index (χ4v) is 2.06. The van der Waals surface area contributed by atoms with Crippen molar-refractivity contribution in [1.29, 1.82) is 0 Å². The van der Waals surface area contributed by atoms with Crippen LogP contribution in [0.15, 0.2) is 18.2 Å². The third-order valence-corrected chi connectivity index (χ3v) is 2.88. The smallest absolute Gasteiger partial charge is 0.324 e. The van der Waals surface area contributed by atoms with Gasteiger partial charge in [0.05, 0.1) is 10.6 Å². The highest BCUT2D eigenvalue weighted by atomic mass is 35.5. The van der Waals surface area contributed by atoms with E-state index in [2.05, 4.69) is 0 Å². The van der Waals surface area contributed by atoms with Gasteiger partial charge in [-0.1, -0.05) is 37.6 Å². The molecule has 104 valence electrons. The second-order valence-corrected chi connectivity index (χ2v) is 4.82. The van der Waals surface area contributed by atoms with E-state index in [9.17, 15) is 13.2 Å². The van der Waals surface area contributed by atoms with Gasteiger partial charge in [0.15, 0.2) is 0 Å². The van der Waals surface area contributed by atoms with Gasteiger partial charge in [-0.25, -0.2) is 0 Å². The predicted molar refractivity (Wildman–Crippen MR) is 70.1 cm³/mol. The Morgan fingerprint density at radius 3 is 2.28 bits per heavy atom. The van der Waals surface area contributed by atoms with Crippen molar-refractivity contribution in [2.24, 2.45) is 11.7 Å².